The molecule has 0 atom stereocenters. The van der Waals surface area contributed by atoms with Crippen molar-refractivity contribution in [1.29, 1.82) is 0 Å². The van der Waals surface area contributed by atoms with Gasteiger partial charge in [-0.05, 0) is 66.1 Å². The molecule has 1 N–H and O–H groups in total. The third-order valence-electron chi connectivity index (χ3n) is 5.30. The zero-order valence-corrected chi connectivity index (χ0v) is 18.7. The molecule has 6 nitrogen and oxygen atoms in total. The van der Waals surface area contributed by atoms with Crippen molar-refractivity contribution in [1.82, 2.24) is 4.72 Å². The average Bonchev–Trinajstić information content (AvgIpc) is 3.22. The molecular formula is C23H20ClFN2O4S. The van der Waals surface area contributed by atoms with E-state index in [2.05, 4.69) is 4.72 Å². The predicted molar refractivity (Wildman–Crippen MR) is 120 cm³/mol. The maximum absolute atomic E-state index is 13.3. The first-order chi connectivity index (χ1) is 15.3. The number of benzene rings is 3. The molecule has 0 aliphatic carbocycles. The maximum atomic E-state index is 13.3. The van der Waals surface area contributed by atoms with E-state index in [-0.39, 0.29) is 22.4 Å². The number of nitrogens with one attached hydrogen (secondary N) is 1. The summed E-state index contributed by atoms with van der Waals surface area (Å²) in [6.45, 7) is 0.554. The van der Waals surface area contributed by atoms with E-state index in [4.69, 9.17) is 16.3 Å². The number of methoxy groups -OCH3 is 1. The highest BCUT2D eigenvalue weighted by atomic mass is 35.5. The normalized spacial score (nSPS) is 13.2. The van der Waals surface area contributed by atoms with Crippen LogP contribution in [0.15, 0.2) is 65.6 Å². The molecule has 0 bridgehead atoms. The van der Waals surface area contributed by atoms with Crippen LogP contribution in [0.2, 0.25) is 5.02 Å². The standard InChI is InChI=1S/C23H20ClFN2O4S/c1-31-18-6-4-17(5-7-18)23(28)27-11-10-16-3-2-15(12-22(16)27)14-26-32(29,30)19-8-9-21(25)20(24)13-19/h2-9,12-13,26H,10-11,14H2,1H3. The van der Waals surface area contributed by atoms with Crippen LogP contribution in [-0.4, -0.2) is 28.0 Å². The van der Waals surface area contributed by atoms with Gasteiger partial charge in [-0.25, -0.2) is 17.5 Å². The Kier molecular flexibility index (Phi) is 6.19. The maximum Gasteiger partial charge on any atom is 0.258 e. The van der Waals surface area contributed by atoms with Crippen LogP contribution in [0.25, 0.3) is 0 Å². The van der Waals surface area contributed by atoms with Crippen LogP contribution in [0, 0.1) is 5.82 Å². The van der Waals surface area contributed by atoms with Crippen molar-refractivity contribution in [3.8, 4) is 5.75 Å². The number of halogens is 2. The molecule has 1 amide bonds. The van der Waals surface area contributed by atoms with Gasteiger partial charge < -0.3 is 9.64 Å². The molecule has 3 aromatic rings. The lowest BCUT2D eigenvalue weighted by molar-refractivity contribution is 0.0989. The zero-order chi connectivity index (χ0) is 22.9. The molecular weight excluding hydrogens is 455 g/mol. The third kappa shape index (κ3) is 4.48. The van der Waals surface area contributed by atoms with Crippen molar-refractivity contribution < 1.29 is 22.3 Å². The number of fused-ring (bicyclic) bond motifs is 1. The van der Waals surface area contributed by atoms with Crippen molar-refractivity contribution in [2.24, 2.45) is 0 Å². The van der Waals surface area contributed by atoms with Gasteiger partial charge in [-0.15, -0.1) is 0 Å². The number of ether oxygens (including phenoxy) is 1. The van der Waals surface area contributed by atoms with Crippen LogP contribution in [0.1, 0.15) is 21.5 Å². The number of carbonyl (C=O) groups is 1. The highest BCUT2D eigenvalue weighted by Gasteiger charge is 2.26. The fourth-order valence-electron chi connectivity index (χ4n) is 3.54. The predicted octanol–water partition coefficient (Wildman–Crippen LogP) is 4.17. The van der Waals surface area contributed by atoms with E-state index in [0.717, 1.165) is 35.9 Å². The SMILES string of the molecule is COc1ccc(C(=O)N2CCc3ccc(CNS(=O)(=O)c4ccc(F)c(Cl)c4)cc32)cc1. The van der Waals surface area contributed by atoms with Crippen molar-refractivity contribution in [3.05, 3.63) is 88.2 Å². The fourth-order valence-corrected chi connectivity index (χ4v) is 4.83. The largest absolute Gasteiger partial charge is 0.497 e. The van der Waals surface area contributed by atoms with E-state index in [1.807, 2.05) is 18.2 Å². The number of nitrogens with zero attached hydrogens (tertiary/aromatic N) is 1. The first kappa shape index (κ1) is 22.3. The van der Waals surface area contributed by atoms with Gasteiger partial charge in [0.2, 0.25) is 10.0 Å². The Labute approximate surface area is 190 Å². The van der Waals surface area contributed by atoms with Crippen molar-refractivity contribution in [2.45, 2.75) is 17.9 Å². The van der Waals surface area contributed by atoms with Crippen molar-refractivity contribution >= 4 is 33.2 Å². The lowest BCUT2D eigenvalue weighted by Gasteiger charge is -2.18. The Hall–Kier alpha value is -2.94. The molecule has 4 rings (SSSR count). The molecule has 0 radical (unpaired) electrons. The summed E-state index contributed by atoms with van der Waals surface area (Å²) in [7, 11) is -2.32. The van der Waals surface area contributed by atoms with Gasteiger partial charge in [-0.2, -0.15) is 0 Å². The van der Waals surface area contributed by atoms with Gasteiger partial charge in [0.25, 0.3) is 5.91 Å². The van der Waals surface area contributed by atoms with Gasteiger partial charge in [-0.3, -0.25) is 4.79 Å². The minimum absolute atomic E-state index is 0.00910. The summed E-state index contributed by atoms with van der Waals surface area (Å²) in [6.07, 6.45) is 0.720. The van der Waals surface area contributed by atoms with Gasteiger partial charge in [0.15, 0.2) is 0 Å². The smallest absolute Gasteiger partial charge is 0.258 e. The van der Waals surface area contributed by atoms with E-state index >= 15 is 0 Å². The van der Waals surface area contributed by atoms with Crippen LogP contribution >= 0.6 is 11.6 Å². The Bertz CT molecular complexity index is 1280. The Morgan fingerprint density at radius 2 is 1.88 bits per heavy atom. The van der Waals surface area contributed by atoms with E-state index in [9.17, 15) is 17.6 Å². The number of hydrogen-bond donors (Lipinski definition) is 1. The lowest BCUT2D eigenvalue weighted by atomic mass is 10.1. The van der Waals surface area contributed by atoms with E-state index in [1.54, 1.807) is 36.3 Å². The second-order valence-corrected chi connectivity index (χ2v) is 9.47. The van der Waals surface area contributed by atoms with E-state index in [1.165, 1.54) is 0 Å². The molecule has 0 fully saturated rings. The Balaban J connectivity index is 1.52. The quantitative estimate of drug-likeness (QED) is 0.582. The number of hydrogen-bond acceptors (Lipinski definition) is 4. The minimum atomic E-state index is -3.88. The van der Waals surface area contributed by atoms with Crippen LogP contribution < -0.4 is 14.4 Å². The second kappa shape index (κ2) is 8.90. The van der Waals surface area contributed by atoms with Crippen LogP contribution in [-0.2, 0) is 23.0 Å². The highest BCUT2D eigenvalue weighted by molar-refractivity contribution is 7.89. The second-order valence-electron chi connectivity index (χ2n) is 7.30. The van der Waals surface area contributed by atoms with Gasteiger partial charge in [-0.1, -0.05) is 23.7 Å². The van der Waals surface area contributed by atoms with Crippen LogP contribution in [0.3, 0.4) is 0 Å². The van der Waals surface area contributed by atoms with Gasteiger partial charge >= 0.3 is 0 Å². The summed E-state index contributed by atoms with van der Waals surface area (Å²) in [6, 6.07) is 15.6. The van der Waals surface area contributed by atoms with Crippen LogP contribution in [0.4, 0.5) is 10.1 Å². The molecule has 0 unspecified atom stereocenters. The molecule has 9 heteroatoms. The molecule has 0 spiro atoms. The average molecular weight is 475 g/mol. The van der Waals surface area contributed by atoms with Gasteiger partial charge in [0, 0.05) is 24.3 Å². The third-order valence-corrected chi connectivity index (χ3v) is 6.98. The molecule has 166 valence electrons. The number of amides is 1. The lowest BCUT2D eigenvalue weighted by Crippen LogP contribution is -2.29. The molecule has 1 heterocycles. The van der Waals surface area contributed by atoms with E-state index < -0.39 is 15.8 Å². The summed E-state index contributed by atoms with van der Waals surface area (Å²) in [5, 5.41) is -0.266. The minimum Gasteiger partial charge on any atom is -0.497 e. The molecule has 0 aromatic heterocycles. The first-order valence-corrected chi connectivity index (χ1v) is 11.7. The number of carbonyl (C=O) groups excluding carboxylic acids is 1. The summed E-state index contributed by atoms with van der Waals surface area (Å²) in [4.78, 5) is 14.6. The summed E-state index contributed by atoms with van der Waals surface area (Å²) in [5.74, 6) is -0.156. The fraction of sp³-hybridized carbons (Fsp3) is 0.174. The van der Waals surface area contributed by atoms with Gasteiger partial charge in [0.05, 0.1) is 17.0 Å². The molecule has 32 heavy (non-hydrogen) atoms. The molecule has 0 saturated carbocycles. The molecule has 1 aliphatic heterocycles. The summed E-state index contributed by atoms with van der Waals surface area (Å²) in [5.41, 5.74) is 3.00. The van der Waals surface area contributed by atoms with E-state index in [0.29, 0.717) is 23.4 Å². The summed E-state index contributed by atoms with van der Waals surface area (Å²) < 4.78 is 46.1. The summed E-state index contributed by atoms with van der Waals surface area (Å²) >= 11 is 5.70. The zero-order valence-electron chi connectivity index (χ0n) is 17.1. The highest BCUT2D eigenvalue weighted by Crippen LogP contribution is 2.31. The Morgan fingerprint density at radius 1 is 1.12 bits per heavy atom. The van der Waals surface area contributed by atoms with Crippen molar-refractivity contribution in [3.63, 3.8) is 0 Å². The molecule has 1 aliphatic rings. The van der Waals surface area contributed by atoms with Gasteiger partial charge in [0.1, 0.15) is 11.6 Å². The van der Waals surface area contributed by atoms with Crippen LogP contribution in [0.5, 0.6) is 5.75 Å². The molecule has 3 aromatic carbocycles. The first-order valence-electron chi connectivity index (χ1n) is 9.81. The topological polar surface area (TPSA) is 75.7 Å². The number of sulfonamides is 1. The molecule has 0 saturated heterocycles. The Morgan fingerprint density at radius 3 is 2.56 bits per heavy atom. The number of rotatable bonds is 6. The monoisotopic (exact) mass is 474 g/mol. The number of anilines is 1. The van der Waals surface area contributed by atoms with Crippen molar-refractivity contribution in [2.75, 3.05) is 18.6 Å².